The van der Waals surface area contributed by atoms with Gasteiger partial charge in [0.05, 0.1) is 12.0 Å². The molecule has 0 atom stereocenters. The van der Waals surface area contributed by atoms with E-state index in [4.69, 9.17) is 16.0 Å². The molecule has 0 bridgehead atoms. The maximum atomic E-state index is 6.05. The Hall–Kier alpha value is -0.900. The van der Waals surface area contributed by atoms with Gasteiger partial charge in [0.2, 0.25) is 0 Å². The molecule has 0 aliphatic rings. The van der Waals surface area contributed by atoms with Crippen molar-refractivity contribution in [3.8, 4) is 0 Å². The average molecular weight is 282 g/mol. The SMILES string of the molecule is CCNCc1ccc(Cl)cc1SCc1ccco1. The fourth-order valence-corrected chi connectivity index (χ4v) is 2.85. The van der Waals surface area contributed by atoms with E-state index in [0.717, 1.165) is 29.6 Å². The molecule has 1 aromatic carbocycles. The number of furan rings is 1. The fraction of sp³-hybridized carbons (Fsp3) is 0.286. The summed E-state index contributed by atoms with van der Waals surface area (Å²) < 4.78 is 5.34. The Morgan fingerprint density at radius 2 is 2.22 bits per heavy atom. The van der Waals surface area contributed by atoms with Crippen LogP contribution in [0.1, 0.15) is 18.2 Å². The molecular weight excluding hydrogens is 266 g/mol. The standard InChI is InChI=1S/C14H16ClNOS/c1-2-16-9-11-5-6-12(15)8-14(11)18-10-13-4-3-7-17-13/h3-8,16H,2,9-10H2,1H3. The lowest BCUT2D eigenvalue weighted by molar-refractivity contribution is 0.530. The van der Waals surface area contributed by atoms with E-state index >= 15 is 0 Å². The van der Waals surface area contributed by atoms with Gasteiger partial charge in [0.25, 0.3) is 0 Å². The van der Waals surface area contributed by atoms with Crippen LogP contribution in [0.3, 0.4) is 0 Å². The first-order valence-electron chi connectivity index (χ1n) is 5.94. The van der Waals surface area contributed by atoms with Crippen molar-refractivity contribution in [2.45, 2.75) is 24.1 Å². The second kappa shape index (κ2) is 6.88. The van der Waals surface area contributed by atoms with E-state index in [-0.39, 0.29) is 0 Å². The Kier molecular flexibility index (Phi) is 5.17. The highest BCUT2D eigenvalue weighted by atomic mass is 35.5. The first-order chi connectivity index (χ1) is 8.79. The Bertz CT molecular complexity index is 485. The monoisotopic (exact) mass is 281 g/mol. The molecule has 0 unspecified atom stereocenters. The molecule has 18 heavy (non-hydrogen) atoms. The lowest BCUT2D eigenvalue weighted by Crippen LogP contribution is -2.12. The molecule has 0 amide bonds. The molecule has 4 heteroatoms. The molecule has 0 fully saturated rings. The zero-order chi connectivity index (χ0) is 12.8. The predicted octanol–water partition coefficient (Wildman–Crippen LogP) is 4.33. The topological polar surface area (TPSA) is 25.2 Å². The molecule has 0 aliphatic heterocycles. The van der Waals surface area contributed by atoms with Crippen LogP contribution < -0.4 is 5.32 Å². The van der Waals surface area contributed by atoms with Gasteiger partial charge in [-0.3, -0.25) is 0 Å². The van der Waals surface area contributed by atoms with Crippen LogP contribution in [0.4, 0.5) is 0 Å². The first-order valence-corrected chi connectivity index (χ1v) is 7.30. The third-order valence-corrected chi connectivity index (χ3v) is 3.90. The van der Waals surface area contributed by atoms with Crippen molar-refractivity contribution in [1.29, 1.82) is 0 Å². The van der Waals surface area contributed by atoms with Crippen LogP contribution in [-0.2, 0) is 12.3 Å². The number of halogens is 1. The molecule has 0 aliphatic carbocycles. The number of hydrogen-bond acceptors (Lipinski definition) is 3. The van der Waals surface area contributed by atoms with Crippen LogP contribution in [0.15, 0.2) is 45.9 Å². The van der Waals surface area contributed by atoms with Crippen molar-refractivity contribution < 1.29 is 4.42 Å². The van der Waals surface area contributed by atoms with Crippen molar-refractivity contribution in [2.24, 2.45) is 0 Å². The van der Waals surface area contributed by atoms with Crippen LogP contribution in [0.5, 0.6) is 0 Å². The molecule has 1 aromatic heterocycles. The number of thioether (sulfide) groups is 1. The van der Waals surface area contributed by atoms with Gasteiger partial charge < -0.3 is 9.73 Å². The molecule has 2 aromatic rings. The zero-order valence-electron chi connectivity index (χ0n) is 10.3. The minimum Gasteiger partial charge on any atom is -0.468 e. The number of nitrogens with one attached hydrogen (secondary N) is 1. The fourth-order valence-electron chi connectivity index (χ4n) is 1.61. The number of hydrogen-bond donors (Lipinski definition) is 1. The van der Waals surface area contributed by atoms with Crippen LogP contribution >= 0.6 is 23.4 Å². The van der Waals surface area contributed by atoms with E-state index in [2.05, 4.69) is 18.3 Å². The molecular formula is C14H16ClNOS. The van der Waals surface area contributed by atoms with E-state index in [1.807, 2.05) is 24.3 Å². The van der Waals surface area contributed by atoms with E-state index in [1.165, 1.54) is 10.5 Å². The van der Waals surface area contributed by atoms with Gasteiger partial charge in [-0.2, -0.15) is 0 Å². The summed E-state index contributed by atoms with van der Waals surface area (Å²) in [6.07, 6.45) is 1.70. The van der Waals surface area contributed by atoms with Crippen LogP contribution in [0.25, 0.3) is 0 Å². The molecule has 2 nitrogen and oxygen atoms in total. The molecule has 0 radical (unpaired) electrons. The molecule has 1 N–H and O–H groups in total. The van der Waals surface area contributed by atoms with Crippen molar-refractivity contribution in [3.05, 3.63) is 52.9 Å². The molecule has 1 heterocycles. The Morgan fingerprint density at radius 1 is 1.33 bits per heavy atom. The third-order valence-electron chi connectivity index (χ3n) is 2.54. The Morgan fingerprint density at radius 3 is 2.94 bits per heavy atom. The highest BCUT2D eigenvalue weighted by Crippen LogP contribution is 2.29. The van der Waals surface area contributed by atoms with E-state index in [1.54, 1.807) is 18.0 Å². The van der Waals surface area contributed by atoms with Crippen LogP contribution in [0.2, 0.25) is 5.02 Å². The minimum absolute atomic E-state index is 0.775. The van der Waals surface area contributed by atoms with Gasteiger partial charge in [-0.25, -0.2) is 0 Å². The molecule has 2 rings (SSSR count). The van der Waals surface area contributed by atoms with Crippen molar-refractivity contribution in [1.82, 2.24) is 5.32 Å². The van der Waals surface area contributed by atoms with Gasteiger partial charge >= 0.3 is 0 Å². The maximum Gasteiger partial charge on any atom is 0.113 e. The average Bonchev–Trinajstić information content (AvgIpc) is 2.88. The lowest BCUT2D eigenvalue weighted by Gasteiger charge is -2.09. The summed E-state index contributed by atoms with van der Waals surface area (Å²) in [4.78, 5) is 1.21. The predicted molar refractivity (Wildman–Crippen MR) is 77.1 cm³/mol. The third kappa shape index (κ3) is 3.80. The summed E-state index contributed by atoms with van der Waals surface area (Å²) in [6.45, 7) is 3.94. The van der Waals surface area contributed by atoms with E-state index in [0.29, 0.717) is 0 Å². The minimum atomic E-state index is 0.775. The lowest BCUT2D eigenvalue weighted by atomic mass is 10.2. The van der Waals surface area contributed by atoms with Crippen molar-refractivity contribution in [3.63, 3.8) is 0 Å². The largest absolute Gasteiger partial charge is 0.468 e. The maximum absolute atomic E-state index is 6.05. The number of rotatable bonds is 6. The van der Waals surface area contributed by atoms with Crippen LogP contribution in [-0.4, -0.2) is 6.54 Å². The first kappa shape index (κ1) is 13.5. The molecule has 96 valence electrons. The summed E-state index contributed by atoms with van der Waals surface area (Å²) in [6, 6.07) is 9.93. The van der Waals surface area contributed by atoms with E-state index in [9.17, 15) is 0 Å². The van der Waals surface area contributed by atoms with Crippen molar-refractivity contribution >= 4 is 23.4 Å². The Balaban J connectivity index is 2.06. The molecule has 0 spiro atoms. The van der Waals surface area contributed by atoms with Gasteiger partial charge in [-0.15, -0.1) is 11.8 Å². The summed E-state index contributed by atoms with van der Waals surface area (Å²) in [5.74, 6) is 1.81. The van der Waals surface area contributed by atoms with Gasteiger partial charge in [0.15, 0.2) is 0 Å². The summed E-state index contributed by atoms with van der Waals surface area (Å²) in [5.41, 5.74) is 1.28. The molecule has 0 saturated heterocycles. The highest BCUT2D eigenvalue weighted by molar-refractivity contribution is 7.98. The van der Waals surface area contributed by atoms with Gasteiger partial charge in [0, 0.05) is 16.5 Å². The zero-order valence-corrected chi connectivity index (χ0v) is 11.9. The normalized spacial score (nSPS) is 10.8. The second-order valence-electron chi connectivity index (χ2n) is 3.90. The smallest absolute Gasteiger partial charge is 0.113 e. The second-order valence-corrected chi connectivity index (χ2v) is 5.35. The van der Waals surface area contributed by atoms with Gasteiger partial charge in [-0.1, -0.05) is 24.6 Å². The van der Waals surface area contributed by atoms with Gasteiger partial charge in [-0.05, 0) is 36.4 Å². The highest BCUT2D eigenvalue weighted by Gasteiger charge is 2.05. The van der Waals surface area contributed by atoms with Crippen LogP contribution in [0, 0.1) is 0 Å². The summed E-state index contributed by atoms with van der Waals surface area (Å²) in [7, 11) is 0. The quantitative estimate of drug-likeness (QED) is 0.798. The van der Waals surface area contributed by atoms with E-state index < -0.39 is 0 Å². The molecule has 0 saturated carbocycles. The summed E-state index contributed by atoms with van der Waals surface area (Å²) in [5, 5.41) is 4.11. The number of benzene rings is 1. The van der Waals surface area contributed by atoms with Gasteiger partial charge in [0.1, 0.15) is 5.76 Å². The Labute approximate surface area is 117 Å². The van der Waals surface area contributed by atoms with Crippen molar-refractivity contribution in [2.75, 3.05) is 6.54 Å². The summed E-state index contributed by atoms with van der Waals surface area (Å²) >= 11 is 7.81.